The summed E-state index contributed by atoms with van der Waals surface area (Å²) in [5.74, 6) is 0.786. The Morgan fingerprint density at radius 2 is 1.83 bits per heavy atom. The number of rotatable bonds is 8. The maximum Gasteiger partial charge on any atom is 0.321 e. The number of amides is 3. The third-order valence-electron chi connectivity index (χ3n) is 6.04. The van der Waals surface area contributed by atoms with Crippen molar-refractivity contribution in [1.82, 2.24) is 14.8 Å². The molecule has 0 saturated carbocycles. The predicted octanol–water partition coefficient (Wildman–Crippen LogP) is 5.75. The Morgan fingerprint density at radius 1 is 1.08 bits per heavy atom. The van der Waals surface area contributed by atoms with E-state index in [1.807, 2.05) is 72.8 Å². The van der Waals surface area contributed by atoms with Gasteiger partial charge >= 0.3 is 6.03 Å². The minimum Gasteiger partial charge on any atom is -0.493 e. The van der Waals surface area contributed by atoms with E-state index in [9.17, 15) is 9.59 Å². The van der Waals surface area contributed by atoms with Crippen LogP contribution in [-0.2, 0) is 6.42 Å². The summed E-state index contributed by atoms with van der Waals surface area (Å²) in [7, 11) is 0. The van der Waals surface area contributed by atoms with Crippen molar-refractivity contribution in [2.75, 3.05) is 38.1 Å². The van der Waals surface area contributed by atoms with Gasteiger partial charge < -0.3 is 19.9 Å². The molecule has 2 aromatic heterocycles. The standard InChI is InChI=1S/C28H32N4O3S/c1-3-5-6-7-8-17-35-24-11-9-23(10-12-24)30-28(34)32-15-13-31(14-16-32)27(33)25-18-22-20-29-19-21(4-2)26(22)36-25/h3,5-7,9-12,18-20H,4,8,13-17H2,1-2H3,(H,30,34)/b5-3-,7-6-. The van der Waals surface area contributed by atoms with Gasteiger partial charge in [-0.05, 0) is 55.7 Å². The van der Waals surface area contributed by atoms with E-state index in [0.29, 0.717) is 38.5 Å². The lowest BCUT2D eigenvalue weighted by Crippen LogP contribution is -2.51. The van der Waals surface area contributed by atoms with Crippen molar-refractivity contribution in [2.45, 2.75) is 26.7 Å². The van der Waals surface area contributed by atoms with Gasteiger partial charge in [0.05, 0.1) is 11.5 Å². The summed E-state index contributed by atoms with van der Waals surface area (Å²) in [5, 5.41) is 3.95. The smallest absolute Gasteiger partial charge is 0.321 e. The van der Waals surface area contributed by atoms with Gasteiger partial charge in [0.15, 0.2) is 0 Å². The molecule has 1 fully saturated rings. The summed E-state index contributed by atoms with van der Waals surface area (Å²) >= 11 is 1.53. The molecule has 1 saturated heterocycles. The topological polar surface area (TPSA) is 74.8 Å². The number of hydrogen-bond donors (Lipinski definition) is 1. The molecule has 3 aromatic rings. The molecule has 0 aliphatic carbocycles. The van der Waals surface area contributed by atoms with E-state index in [2.05, 4.69) is 23.3 Å². The van der Waals surface area contributed by atoms with Crippen LogP contribution in [-0.4, -0.2) is 59.5 Å². The molecule has 3 amide bonds. The summed E-state index contributed by atoms with van der Waals surface area (Å²) in [6, 6.07) is 9.15. The summed E-state index contributed by atoms with van der Waals surface area (Å²) in [4.78, 5) is 34.4. The highest BCUT2D eigenvalue weighted by Gasteiger charge is 2.26. The molecule has 8 heteroatoms. The van der Waals surface area contributed by atoms with Gasteiger partial charge in [0, 0.05) is 54.3 Å². The maximum absolute atomic E-state index is 13.1. The first-order valence-electron chi connectivity index (χ1n) is 12.3. The van der Waals surface area contributed by atoms with Gasteiger partial charge in [0.1, 0.15) is 5.75 Å². The monoisotopic (exact) mass is 504 g/mol. The number of hydrogen-bond acceptors (Lipinski definition) is 5. The zero-order valence-electron chi connectivity index (χ0n) is 20.8. The van der Waals surface area contributed by atoms with Crippen LogP contribution >= 0.6 is 11.3 Å². The number of piperazine rings is 1. The molecule has 1 aliphatic rings. The molecule has 1 aromatic carbocycles. The highest BCUT2D eigenvalue weighted by molar-refractivity contribution is 7.21. The van der Waals surface area contributed by atoms with E-state index in [1.54, 1.807) is 4.90 Å². The van der Waals surface area contributed by atoms with E-state index >= 15 is 0 Å². The number of aryl methyl sites for hydroxylation is 1. The summed E-state index contributed by atoms with van der Waals surface area (Å²) < 4.78 is 6.86. The molecular weight excluding hydrogens is 472 g/mol. The van der Waals surface area contributed by atoms with Crippen molar-refractivity contribution in [3.63, 3.8) is 0 Å². The number of carbonyl (C=O) groups is 2. The molecule has 0 spiro atoms. The van der Waals surface area contributed by atoms with Crippen LogP contribution in [0.25, 0.3) is 10.1 Å². The van der Waals surface area contributed by atoms with Gasteiger partial charge in [-0.2, -0.15) is 0 Å². The SMILES string of the molecule is C/C=C\C=C/CCOc1ccc(NC(=O)N2CCN(C(=O)c3cc4cncc(CC)c4s3)CC2)cc1. The number of anilines is 1. The van der Waals surface area contributed by atoms with E-state index in [-0.39, 0.29) is 11.9 Å². The van der Waals surface area contributed by atoms with Crippen LogP contribution in [0.15, 0.2) is 67.0 Å². The first kappa shape index (κ1) is 25.4. The zero-order valence-corrected chi connectivity index (χ0v) is 21.6. The Balaban J connectivity index is 1.25. The number of nitrogens with zero attached hydrogens (tertiary/aromatic N) is 3. The van der Waals surface area contributed by atoms with Gasteiger partial charge in [-0.25, -0.2) is 4.79 Å². The lowest BCUT2D eigenvalue weighted by atomic mass is 10.2. The Labute approximate surface area is 216 Å². The van der Waals surface area contributed by atoms with E-state index in [1.165, 1.54) is 11.3 Å². The molecule has 4 rings (SSSR count). The fraction of sp³-hybridized carbons (Fsp3) is 0.321. The number of nitrogens with one attached hydrogen (secondary N) is 1. The van der Waals surface area contributed by atoms with Crippen LogP contribution in [0.2, 0.25) is 0 Å². The number of fused-ring (bicyclic) bond motifs is 1. The first-order valence-corrected chi connectivity index (χ1v) is 13.1. The highest BCUT2D eigenvalue weighted by Crippen LogP contribution is 2.29. The minimum absolute atomic E-state index is 0.0196. The number of benzene rings is 1. The van der Waals surface area contributed by atoms with Gasteiger partial charge in [-0.15, -0.1) is 11.3 Å². The molecule has 36 heavy (non-hydrogen) atoms. The van der Waals surface area contributed by atoms with Crippen LogP contribution in [0, 0.1) is 0 Å². The van der Waals surface area contributed by atoms with Crippen molar-refractivity contribution < 1.29 is 14.3 Å². The largest absolute Gasteiger partial charge is 0.493 e. The van der Waals surface area contributed by atoms with Crippen LogP contribution in [0.5, 0.6) is 5.75 Å². The summed E-state index contributed by atoms with van der Waals surface area (Å²) in [6.07, 6.45) is 13.4. The Kier molecular flexibility index (Phi) is 8.73. The van der Waals surface area contributed by atoms with Gasteiger partial charge in [-0.1, -0.05) is 31.2 Å². The fourth-order valence-corrected chi connectivity index (χ4v) is 5.19. The Bertz CT molecular complexity index is 1240. The lowest BCUT2D eigenvalue weighted by Gasteiger charge is -2.34. The molecule has 0 atom stereocenters. The van der Waals surface area contributed by atoms with Crippen molar-refractivity contribution in [3.05, 3.63) is 77.5 Å². The fourth-order valence-electron chi connectivity index (χ4n) is 4.01. The predicted molar refractivity (Wildman–Crippen MR) is 146 cm³/mol. The molecule has 3 heterocycles. The average molecular weight is 505 g/mol. The Morgan fingerprint density at radius 3 is 2.56 bits per heavy atom. The number of thiophene rings is 1. The maximum atomic E-state index is 13.1. The van der Waals surface area contributed by atoms with Gasteiger partial charge in [0.2, 0.25) is 0 Å². The first-order chi connectivity index (χ1) is 17.6. The summed E-state index contributed by atoms with van der Waals surface area (Å²) in [6.45, 7) is 6.68. The Hall–Kier alpha value is -3.65. The molecular formula is C28H32N4O3S. The number of aromatic nitrogens is 1. The number of carbonyl (C=O) groups excluding carboxylic acids is 2. The second kappa shape index (κ2) is 12.4. The molecule has 0 bridgehead atoms. The molecule has 188 valence electrons. The minimum atomic E-state index is -0.162. The molecule has 1 aliphatic heterocycles. The molecule has 0 radical (unpaired) electrons. The van der Waals surface area contributed by atoms with E-state index in [4.69, 9.17) is 4.74 Å². The highest BCUT2D eigenvalue weighted by atomic mass is 32.1. The van der Waals surface area contributed by atoms with Crippen molar-refractivity contribution in [2.24, 2.45) is 0 Å². The van der Waals surface area contributed by atoms with Crippen molar-refractivity contribution in [1.29, 1.82) is 0 Å². The van der Waals surface area contributed by atoms with Crippen LogP contribution in [0.4, 0.5) is 10.5 Å². The summed E-state index contributed by atoms with van der Waals surface area (Å²) in [5.41, 5.74) is 1.87. The zero-order chi connectivity index (χ0) is 25.3. The number of pyridine rings is 1. The van der Waals surface area contributed by atoms with E-state index < -0.39 is 0 Å². The average Bonchev–Trinajstić information content (AvgIpc) is 3.36. The quantitative estimate of drug-likeness (QED) is 0.313. The third kappa shape index (κ3) is 6.31. The van der Waals surface area contributed by atoms with Gasteiger partial charge in [0.25, 0.3) is 5.91 Å². The van der Waals surface area contributed by atoms with Crippen molar-refractivity contribution >= 4 is 39.0 Å². The molecule has 1 N–H and O–H groups in total. The number of urea groups is 1. The molecule has 7 nitrogen and oxygen atoms in total. The van der Waals surface area contributed by atoms with Crippen LogP contribution in [0.3, 0.4) is 0 Å². The molecule has 0 unspecified atom stereocenters. The van der Waals surface area contributed by atoms with Crippen LogP contribution in [0.1, 0.15) is 35.5 Å². The lowest BCUT2D eigenvalue weighted by molar-refractivity contribution is 0.0676. The second-order valence-electron chi connectivity index (χ2n) is 8.51. The van der Waals surface area contributed by atoms with Gasteiger partial charge in [-0.3, -0.25) is 9.78 Å². The van der Waals surface area contributed by atoms with Crippen LogP contribution < -0.4 is 10.1 Å². The van der Waals surface area contributed by atoms with E-state index in [0.717, 1.165) is 39.1 Å². The third-order valence-corrected chi connectivity index (χ3v) is 7.26. The van der Waals surface area contributed by atoms with Crippen molar-refractivity contribution in [3.8, 4) is 5.75 Å². The number of ether oxygens (including phenoxy) is 1. The normalized spacial score (nSPS) is 14.2. The second-order valence-corrected chi connectivity index (χ2v) is 9.56. The number of allylic oxidation sites excluding steroid dienone is 3.